The molecular weight excluding hydrogens is 320 g/mol. The first-order valence-electron chi connectivity index (χ1n) is 8.88. The van der Waals surface area contributed by atoms with Gasteiger partial charge in [0.2, 0.25) is 0 Å². The fourth-order valence-corrected chi connectivity index (χ4v) is 2.45. The van der Waals surface area contributed by atoms with E-state index in [1.807, 2.05) is 27.7 Å². The number of benzene rings is 1. The zero-order valence-electron chi connectivity index (χ0n) is 15.5. The third-order valence-corrected chi connectivity index (χ3v) is 3.49. The van der Waals surface area contributed by atoms with Crippen LogP contribution < -0.4 is 9.47 Å². The van der Waals surface area contributed by atoms with Gasteiger partial charge in [-0.1, -0.05) is 11.8 Å². The molecule has 0 aromatic heterocycles. The van der Waals surface area contributed by atoms with Crippen molar-refractivity contribution < 1.29 is 24.1 Å². The number of ether oxygens (including phenoxy) is 4. The summed E-state index contributed by atoms with van der Waals surface area (Å²) >= 11 is 0. The number of phenols is 1. The number of hydrogen-bond donors (Lipinski definition) is 1. The van der Waals surface area contributed by atoms with Gasteiger partial charge in [-0.2, -0.15) is 0 Å². The maximum absolute atomic E-state index is 10.2. The third kappa shape index (κ3) is 6.49. The van der Waals surface area contributed by atoms with Gasteiger partial charge in [-0.05, 0) is 47.0 Å². The Balaban J connectivity index is 2.07. The summed E-state index contributed by atoms with van der Waals surface area (Å²) < 4.78 is 22.6. The number of hydrogen-bond acceptors (Lipinski definition) is 5. The molecule has 25 heavy (non-hydrogen) atoms. The minimum atomic E-state index is -0.168. The first kappa shape index (κ1) is 19.4. The predicted molar refractivity (Wildman–Crippen MR) is 96.1 cm³/mol. The Morgan fingerprint density at radius 2 is 1.80 bits per heavy atom. The van der Waals surface area contributed by atoms with Gasteiger partial charge in [0.15, 0.2) is 17.8 Å². The molecule has 1 unspecified atom stereocenters. The van der Waals surface area contributed by atoms with Gasteiger partial charge < -0.3 is 24.1 Å². The van der Waals surface area contributed by atoms with E-state index in [0.29, 0.717) is 17.1 Å². The summed E-state index contributed by atoms with van der Waals surface area (Å²) in [6, 6.07) is 3.25. The second-order valence-electron chi connectivity index (χ2n) is 6.56. The van der Waals surface area contributed by atoms with Gasteiger partial charge in [0.25, 0.3) is 0 Å². The van der Waals surface area contributed by atoms with E-state index in [1.165, 1.54) is 0 Å². The minimum Gasteiger partial charge on any atom is -0.507 e. The first-order valence-corrected chi connectivity index (χ1v) is 8.88. The lowest BCUT2D eigenvalue weighted by Gasteiger charge is -2.21. The standard InChI is InChI=1S/C20H28O5/c1-14(2)24-18-12-16(17(21)13-19(18)25-15(3)4)8-7-11-23-20-9-5-6-10-22-20/h12-15,20-21H,5-6,9-11H2,1-4H3. The molecule has 0 bridgehead atoms. The Morgan fingerprint density at radius 3 is 2.40 bits per heavy atom. The predicted octanol–water partition coefficient (Wildman–Crippen LogP) is 3.86. The van der Waals surface area contributed by atoms with E-state index in [0.717, 1.165) is 25.9 Å². The molecule has 1 fully saturated rings. The summed E-state index contributed by atoms with van der Waals surface area (Å²) in [4.78, 5) is 0. The molecule has 5 heteroatoms. The molecule has 1 aromatic carbocycles. The number of aromatic hydroxyl groups is 1. The van der Waals surface area contributed by atoms with Crippen LogP contribution in [0, 0.1) is 11.8 Å². The van der Waals surface area contributed by atoms with Crippen LogP contribution in [0.2, 0.25) is 0 Å². The molecule has 0 radical (unpaired) electrons. The molecule has 0 aliphatic carbocycles. The molecule has 5 nitrogen and oxygen atoms in total. The lowest BCUT2D eigenvalue weighted by atomic mass is 10.1. The lowest BCUT2D eigenvalue weighted by molar-refractivity contribution is -0.154. The Labute approximate surface area is 150 Å². The highest BCUT2D eigenvalue weighted by molar-refractivity contribution is 5.56. The minimum absolute atomic E-state index is 0.00773. The summed E-state index contributed by atoms with van der Waals surface area (Å²) in [5.74, 6) is 7.00. The van der Waals surface area contributed by atoms with Crippen molar-refractivity contribution in [1.82, 2.24) is 0 Å². The zero-order valence-corrected chi connectivity index (χ0v) is 15.5. The van der Waals surface area contributed by atoms with Crippen LogP contribution in [0.3, 0.4) is 0 Å². The topological polar surface area (TPSA) is 57.2 Å². The van der Waals surface area contributed by atoms with Gasteiger partial charge in [0.1, 0.15) is 12.4 Å². The van der Waals surface area contributed by atoms with Crippen molar-refractivity contribution in [3.8, 4) is 29.1 Å². The van der Waals surface area contributed by atoms with Crippen molar-refractivity contribution >= 4 is 0 Å². The molecular formula is C20H28O5. The van der Waals surface area contributed by atoms with Crippen molar-refractivity contribution in [2.75, 3.05) is 13.2 Å². The van der Waals surface area contributed by atoms with Crippen LogP contribution in [0.5, 0.6) is 17.2 Å². The first-order chi connectivity index (χ1) is 12.0. The number of phenolic OH excluding ortho intramolecular Hbond substituents is 1. The van der Waals surface area contributed by atoms with Crippen molar-refractivity contribution in [2.24, 2.45) is 0 Å². The average Bonchev–Trinajstić information content (AvgIpc) is 2.55. The second-order valence-corrected chi connectivity index (χ2v) is 6.56. The molecule has 138 valence electrons. The van der Waals surface area contributed by atoms with Gasteiger partial charge in [-0.15, -0.1) is 0 Å². The summed E-state index contributed by atoms with van der Waals surface area (Å²) in [5, 5.41) is 10.2. The molecule has 0 amide bonds. The van der Waals surface area contributed by atoms with Crippen molar-refractivity contribution in [3.63, 3.8) is 0 Å². The van der Waals surface area contributed by atoms with E-state index in [1.54, 1.807) is 12.1 Å². The van der Waals surface area contributed by atoms with Crippen LogP contribution in [0.15, 0.2) is 12.1 Å². The SMILES string of the molecule is CC(C)Oc1cc(O)c(C#CCOC2CCCCO2)cc1OC(C)C. The quantitative estimate of drug-likeness (QED) is 0.791. The van der Waals surface area contributed by atoms with Gasteiger partial charge in [0, 0.05) is 18.7 Å². The molecule has 0 spiro atoms. The smallest absolute Gasteiger partial charge is 0.165 e. The Hall–Kier alpha value is -1.90. The Morgan fingerprint density at radius 1 is 1.12 bits per heavy atom. The van der Waals surface area contributed by atoms with Crippen molar-refractivity contribution in [2.45, 2.75) is 65.5 Å². The van der Waals surface area contributed by atoms with E-state index in [2.05, 4.69) is 11.8 Å². The largest absolute Gasteiger partial charge is 0.507 e. The van der Waals surface area contributed by atoms with Gasteiger partial charge in [-0.25, -0.2) is 0 Å². The second kappa shape index (κ2) is 9.55. The summed E-state index contributed by atoms with van der Waals surface area (Å²) in [6.45, 7) is 8.73. The van der Waals surface area contributed by atoms with Crippen LogP contribution >= 0.6 is 0 Å². The third-order valence-electron chi connectivity index (χ3n) is 3.49. The molecule has 2 rings (SSSR count). The highest BCUT2D eigenvalue weighted by atomic mass is 16.7. The van der Waals surface area contributed by atoms with Gasteiger partial charge in [0.05, 0.1) is 17.8 Å². The molecule has 1 aliphatic rings. The number of rotatable bonds is 6. The van der Waals surface area contributed by atoms with Crippen molar-refractivity contribution in [3.05, 3.63) is 17.7 Å². The summed E-state index contributed by atoms with van der Waals surface area (Å²) in [7, 11) is 0. The Bertz CT molecular complexity index is 606. The van der Waals surface area contributed by atoms with Crippen LogP contribution in [-0.2, 0) is 9.47 Å². The lowest BCUT2D eigenvalue weighted by Crippen LogP contribution is -2.22. The zero-order chi connectivity index (χ0) is 18.2. The monoisotopic (exact) mass is 348 g/mol. The van der Waals surface area contributed by atoms with Gasteiger partial charge >= 0.3 is 0 Å². The maximum atomic E-state index is 10.2. The van der Waals surface area contributed by atoms with E-state index >= 15 is 0 Å². The molecule has 1 saturated heterocycles. The highest BCUT2D eigenvalue weighted by Gasteiger charge is 2.14. The summed E-state index contributed by atoms with van der Waals surface area (Å²) in [6.07, 6.45) is 2.91. The van der Waals surface area contributed by atoms with Crippen LogP contribution in [0.4, 0.5) is 0 Å². The highest BCUT2D eigenvalue weighted by Crippen LogP contribution is 2.35. The fourth-order valence-electron chi connectivity index (χ4n) is 2.45. The van der Waals surface area contributed by atoms with Gasteiger partial charge in [-0.3, -0.25) is 0 Å². The van der Waals surface area contributed by atoms with Crippen LogP contribution in [-0.4, -0.2) is 36.8 Å². The summed E-state index contributed by atoms with van der Waals surface area (Å²) in [5.41, 5.74) is 0.486. The average molecular weight is 348 g/mol. The van der Waals surface area contributed by atoms with E-state index in [4.69, 9.17) is 18.9 Å². The normalized spacial score (nSPS) is 17.3. The van der Waals surface area contributed by atoms with Crippen molar-refractivity contribution in [1.29, 1.82) is 0 Å². The fraction of sp³-hybridized carbons (Fsp3) is 0.600. The van der Waals surface area contributed by atoms with E-state index < -0.39 is 0 Å². The Kier molecular flexibility index (Phi) is 7.42. The molecule has 1 N–H and O–H groups in total. The van der Waals surface area contributed by atoms with Crippen LogP contribution in [0.25, 0.3) is 0 Å². The molecule has 0 saturated carbocycles. The molecule has 1 atom stereocenters. The molecule has 1 aliphatic heterocycles. The molecule has 1 heterocycles. The molecule has 1 aromatic rings. The van der Waals surface area contributed by atoms with E-state index in [-0.39, 0.29) is 30.9 Å². The maximum Gasteiger partial charge on any atom is 0.165 e. The van der Waals surface area contributed by atoms with Crippen LogP contribution in [0.1, 0.15) is 52.5 Å². The van der Waals surface area contributed by atoms with E-state index in [9.17, 15) is 5.11 Å².